The van der Waals surface area contributed by atoms with Crippen molar-refractivity contribution < 1.29 is 4.79 Å². The number of carbonyl (C=O) groups excluding carboxylic acids is 1. The Balaban J connectivity index is 1.44. The minimum Gasteiger partial charge on any atom is -0.306 e. The molecule has 0 atom stereocenters. The SMILES string of the molecule is O=C(/C=C/c1ccccc1Cl)Nc1ccn(Cc2cccc3ccccc23)n1. The van der Waals surface area contributed by atoms with Gasteiger partial charge in [-0.3, -0.25) is 9.48 Å². The number of benzene rings is 3. The molecule has 1 heterocycles. The number of nitrogens with one attached hydrogen (secondary N) is 1. The van der Waals surface area contributed by atoms with Crippen LogP contribution in [0, 0.1) is 0 Å². The molecule has 0 aliphatic carbocycles. The molecule has 4 aromatic rings. The van der Waals surface area contributed by atoms with Crippen LogP contribution in [0.15, 0.2) is 85.1 Å². The molecular formula is C23H18ClN3O. The standard InChI is InChI=1S/C23H18ClN3O/c24-21-11-4-2-7-18(21)12-13-23(28)25-22-14-15-27(26-22)16-19-9-5-8-17-6-1-3-10-20(17)19/h1-15H,16H2,(H,25,26,28)/b13-12+. The van der Waals surface area contributed by atoms with Crippen molar-refractivity contribution in [1.29, 1.82) is 0 Å². The second-order valence-corrected chi connectivity index (χ2v) is 6.79. The Hall–Kier alpha value is -3.37. The lowest BCUT2D eigenvalue weighted by atomic mass is 10.0. The van der Waals surface area contributed by atoms with Crippen LogP contribution in [-0.4, -0.2) is 15.7 Å². The highest BCUT2D eigenvalue weighted by atomic mass is 35.5. The lowest BCUT2D eigenvalue weighted by Crippen LogP contribution is -2.09. The van der Waals surface area contributed by atoms with Crippen molar-refractivity contribution in [2.45, 2.75) is 6.54 Å². The molecule has 0 aliphatic rings. The van der Waals surface area contributed by atoms with Crippen LogP contribution < -0.4 is 5.32 Å². The van der Waals surface area contributed by atoms with Crippen LogP contribution in [0.1, 0.15) is 11.1 Å². The maximum atomic E-state index is 12.1. The Morgan fingerprint density at radius 1 is 1.00 bits per heavy atom. The Labute approximate surface area is 168 Å². The third-order valence-electron chi connectivity index (χ3n) is 4.42. The van der Waals surface area contributed by atoms with Crippen molar-refractivity contribution in [1.82, 2.24) is 9.78 Å². The number of rotatable bonds is 5. The van der Waals surface area contributed by atoms with Crippen molar-refractivity contribution in [3.8, 4) is 0 Å². The van der Waals surface area contributed by atoms with E-state index in [9.17, 15) is 4.79 Å². The van der Waals surface area contributed by atoms with Crippen LogP contribution in [0.4, 0.5) is 5.82 Å². The average Bonchev–Trinajstić information content (AvgIpc) is 3.14. The first-order valence-electron chi connectivity index (χ1n) is 8.93. The molecule has 0 aliphatic heterocycles. The Morgan fingerprint density at radius 3 is 2.68 bits per heavy atom. The van der Waals surface area contributed by atoms with E-state index in [1.54, 1.807) is 18.2 Å². The van der Waals surface area contributed by atoms with Crippen molar-refractivity contribution in [2.24, 2.45) is 0 Å². The van der Waals surface area contributed by atoms with E-state index in [-0.39, 0.29) is 5.91 Å². The van der Waals surface area contributed by atoms with Gasteiger partial charge in [-0.25, -0.2) is 0 Å². The molecule has 0 bridgehead atoms. The molecule has 1 N–H and O–H groups in total. The fourth-order valence-corrected chi connectivity index (χ4v) is 3.26. The van der Waals surface area contributed by atoms with Gasteiger partial charge in [-0.2, -0.15) is 5.10 Å². The van der Waals surface area contributed by atoms with Crippen molar-refractivity contribution in [3.63, 3.8) is 0 Å². The molecule has 28 heavy (non-hydrogen) atoms. The highest BCUT2D eigenvalue weighted by molar-refractivity contribution is 6.32. The molecule has 0 saturated carbocycles. The maximum absolute atomic E-state index is 12.1. The van der Waals surface area contributed by atoms with Crippen LogP contribution in [0.3, 0.4) is 0 Å². The van der Waals surface area contributed by atoms with Crippen LogP contribution in [0.25, 0.3) is 16.8 Å². The summed E-state index contributed by atoms with van der Waals surface area (Å²) in [6.45, 7) is 0.632. The van der Waals surface area contributed by atoms with E-state index in [4.69, 9.17) is 11.6 Å². The van der Waals surface area contributed by atoms with E-state index in [1.807, 2.05) is 47.3 Å². The van der Waals surface area contributed by atoms with E-state index in [1.165, 1.54) is 22.4 Å². The zero-order valence-electron chi connectivity index (χ0n) is 15.0. The van der Waals surface area contributed by atoms with Gasteiger partial charge in [0.05, 0.1) is 6.54 Å². The summed E-state index contributed by atoms with van der Waals surface area (Å²) in [5.41, 5.74) is 1.97. The highest BCUT2D eigenvalue weighted by Crippen LogP contribution is 2.20. The first-order chi connectivity index (χ1) is 13.7. The fourth-order valence-electron chi connectivity index (χ4n) is 3.06. The molecule has 1 amide bonds. The first-order valence-corrected chi connectivity index (χ1v) is 9.30. The summed E-state index contributed by atoms with van der Waals surface area (Å²) < 4.78 is 1.81. The molecule has 5 heteroatoms. The molecule has 4 rings (SSSR count). The van der Waals surface area contributed by atoms with Gasteiger partial charge in [-0.1, -0.05) is 72.3 Å². The maximum Gasteiger partial charge on any atom is 0.249 e. The third-order valence-corrected chi connectivity index (χ3v) is 4.77. The molecular weight excluding hydrogens is 370 g/mol. The monoisotopic (exact) mass is 387 g/mol. The minimum absolute atomic E-state index is 0.254. The summed E-state index contributed by atoms with van der Waals surface area (Å²) in [6.07, 6.45) is 4.99. The van der Waals surface area contributed by atoms with Crippen LogP contribution in [0.5, 0.6) is 0 Å². The predicted molar refractivity (Wildman–Crippen MR) is 114 cm³/mol. The topological polar surface area (TPSA) is 46.9 Å². The van der Waals surface area contributed by atoms with E-state index in [2.05, 4.69) is 34.7 Å². The zero-order valence-corrected chi connectivity index (χ0v) is 15.8. The van der Waals surface area contributed by atoms with E-state index in [0.717, 1.165) is 5.56 Å². The highest BCUT2D eigenvalue weighted by Gasteiger charge is 2.05. The van der Waals surface area contributed by atoms with Gasteiger partial charge < -0.3 is 5.32 Å². The van der Waals surface area contributed by atoms with Gasteiger partial charge in [0.1, 0.15) is 0 Å². The number of aromatic nitrogens is 2. The number of amides is 1. The normalized spacial score (nSPS) is 11.2. The summed E-state index contributed by atoms with van der Waals surface area (Å²) in [5, 5.41) is 10.2. The van der Waals surface area contributed by atoms with Crippen molar-refractivity contribution >= 4 is 40.2 Å². The van der Waals surface area contributed by atoms with Gasteiger partial charge >= 0.3 is 0 Å². The van der Waals surface area contributed by atoms with Crippen LogP contribution >= 0.6 is 11.6 Å². The molecule has 138 valence electrons. The van der Waals surface area contributed by atoms with Gasteiger partial charge in [0.15, 0.2) is 5.82 Å². The quantitative estimate of drug-likeness (QED) is 0.467. The predicted octanol–water partition coefficient (Wildman–Crippen LogP) is 5.39. The minimum atomic E-state index is -0.254. The van der Waals surface area contributed by atoms with Crippen LogP contribution in [-0.2, 0) is 11.3 Å². The molecule has 0 spiro atoms. The Kier molecular flexibility index (Phi) is 5.22. The van der Waals surface area contributed by atoms with Crippen molar-refractivity contribution in [2.75, 3.05) is 5.32 Å². The molecule has 3 aromatic carbocycles. The number of carbonyl (C=O) groups is 1. The van der Waals surface area contributed by atoms with Crippen LogP contribution in [0.2, 0.25) is 5.02 Å². The Morgan fingerprint density at radius 2 is 1.79 bits per heavy atom. The smallest absolute Gasteiger partial charge is 0.249 e. The lowest BCUT2D eigenvalue weighted by molar-refractivity contribution is -0.111. The molecule has 0 fully saturated rings. The number of hydrogen-bond acceptors (Lipinski definition) is 2. The number of halogens is 1. The van der Waals surface area contributed by atoms with E-state index < -0.39 is 0 Å². The average molecular weight is 388 g/mol. The number of anilines is 1. The molecule has 1 aromatic heterocycles. The third kappa shape index (κ3) is 4.13. The number of nitrogens with zero attached hydrogens (tertiary/aromatic N) is 2. The fraction of sp³-hybridized carbons (Fsp3) is 0.0435. The lowest BCUT2D eigenvalue weighted by Gasteiger charge is -2.06. The molecule has 0 saturated heterocycles. The largest absolute Gasteiger partial charge is 0.306 e. The van der Waals surface area contributed by atoms with Gasteiger partial charge in [-0.15, -0.1) is 0 Å². The molecule has 0 unspecified atom stereocenters. The summed E-state index contributed by atoms with van der Waals surface area (Å²) in [7, 11) is 0. The summed E-state index contributed by atoms with van der Waals surface area (Å²) in [4.78, 5) is 12.1. The zero-order chi connectivity index (χ0) is 19.3. The summed E-state index contributed by atoms with van der Waals surface area (Å²) >= 11 is 6.09. The summed E-state index contributed by atoms with van der Waals surface area (Å²) in [6, 6.07) is 23.6. The van der Waals surface area contributed by atoms with E-state index >= 15 is 0 Å². The second-order valence-electron chi connectivity index (χ2n) is 6.38. The van der Waals surface area contributed by atoms with Gasteiger partial charge in [0, 0.05) is 23.4 Å². The second kappa shape index (κ2) is 8.11. The van der Waals surface area contributed by atoms with Gasteiger partial charge in [0.2, 0.25) is 5.91 Å². The molecule has 0 radical (unpaired) electrons. The van der Waals surface area contributed by atoms with Gasteiger partial charge in [-0.05, 0) is 34.0 Å². The summed E-state index contributed by atoms with van der Waals surface area (Å²) in [5.74, 6) is 0.254. The first kappa shape index (κ1) is 18.0. The molecule has 4 nitrogen and oxygen atoms in total. The van der Waals surface area contributed by atoms with Crippen molar-refractivity contribution in [3.05, 3.63) is 101 Å². The van der Waals surface area contributed by atoms with Gasteiger partial charge in [0.25, 0.3) is 0 Å². The number of fused-ring (bicyclic) bond motifs is 1. The number of hydrogen-bond donors (Lipinski definition) is 1. The van der Waals surface area contributed by atoms with E-state index in [0.29, 0.717) is 17.4 Å². The Bertz CT molecular complexity index is 1160.